The number of hydrogen-bond acceptors (Lipinski definition) is 5. The average molecular weight is 184 g/mol. The molecule has 0 aromatic carbocycles. The number of nitrogens with two attached hydrogens (primary N) is 1. The molecule has 1 aromatic heterocycles. The van der Waals surface area contributed by atoms with Gasteiger partial charge in [0.05, 0.1) is 6.20 Å². The maximum atomic E-state index is 12.7. The average Bonchev–Trinajstić information content (AvgIpc) is 2.16. The fraction of sp³-hybridized carbons (Fsp3) is 0.143. The van der Waals surface area contributed by atoms with E-state index in [9.17, 15) is 4.39 Å². The van der Waals surface area contributed by atoms with Gasteiger partial charge in [-0.05, 0) is 0 Å². The Kier molecular flexibility index (Phi) is 3.15. The van der Waals surface area contributed by atoms with Gasteiger partial charge in [-0.25, -0.2) is 15.2 Å². The Bertz CT molecular complexity index is 305. The summed E-state index contributed by atoms with van der Waals surface area (Å²) in [5, 5.41) is 0. The third-order valence-electron chi connectivity index (χ3n) is 1.19. The lowest BCUT2D eigenvalue weighted by Crippen LogP contribution is -2.12. The smallest absolute Gasteiger partial charge is 0.318 e. The Labute approximate surface area is 74.4 Å². The van der Waals surface area contributed by atoms with Crippen LogP contribution in [0.5, 0.6) is 6.01 Å². The van der Waals surface area contributed by atoms with Crippen molar-refractivity contribution in [3.63, 3.8) is 0 Å². The summed E-state index contributed by atoms with van der Waals surface area (Å²) >= 11 is 0. The maximum absolute atomic E-state index is 12.7. The minimum absolute atomic E-state index is 0.0502. The number of anilines is 1. The largest absolute Gasteiger partial charge is 0.459 e. The predicted octanol–water partition coefficient (Wildman–Crippen LogP) is 0.466. The van der Waals surface area contributed by atoms with Crippen molar-refractivity contribution in [3.05, 3.63) is 24.7 Å². The first kappa shape index (κ1) is 9.40. The topological polar surface area (TPSA) is 73.1 Å². The molecule has 1 aromatic rings. The van der Waals surface area contributed by atoms with Crippen molar-refractivity contribution < 1.29 is 9.13 Å². The van der Waals surface area contributed by atoms with Crippen molar-refractivity contribution in [1.82, 2.24) is 9.97 Å². The number of ether oxygens (including phenoxy) is 1. The van der Waals surface area contributed by atoms with Crippen LogP contribution in [0.1, 0.15) is 0 Å². The highest BCUT2D eigenvalue weighted by molar-refractivity contribution is 5.34. The Morgan fingerprint density at radius 2 is 2.54 bits per heavy atom. The number of nitrogens with one attached hydrogen (secondary N) is 1. The highest BCUT2D eigenvalue weighted by Crippen LogP contribution is 2.11. The van der Waals surface area contributed by atoms with Crippen molar-refractivity contribution in [3.8, 4) is 6.01 Å². The van der Waals surface area contributed by atoms with Gasteiger partial charge in [0.25, 0.3) is 0 Å². The summed E-state index contributed by atoms with van der Waals surface area (Å²) < 4.78 is 17.7. The first-order chi connectivity index (χ1) is 6.27. The van der Waals surface area contributed by atoms with Crippen molar-refractivity contribution in [2.45, 2.75) is 0 Å². The van der Waals surface area contributed by atoms with Crippen LogP contribution in [0, 0.1) is 5.82 Å². The van der Waals surface area contributed by atoms with Crippen LogP contribution in [0.3, 0.4) is 0 Å². The molecule has 0 aliphatic carbocycles. The van der Waals surface area contributed by atoms with Crippen LogP contribution in [-0.2, 0) is 0 Å². The first-order valence-electron chi connectivity index (χ1n) is 3.50. The maximum Gasteiger partial charge on any atom is 0.318 e. The van der Waals surface area contributed by atoms with E-state index in [1.165, 1.54) is 6.08 Å². The lowest BCUT2D eigenvalue weighted by molar-refractivity contribution is 0.332. The highest BCUT2D eigenvalue weighted by atomic mass is 19.1. The van der Waals surface area contributed by atoms with Crippen molar-refractivity contribution in [2.75, 3.05) is 12.0 Å². The van der Waals surface area contributed by atoms with Crippen LogP contribution in [-0.4, -0.2) is 16.6 Å². The van der Waals surface area contributed by atoms with Crippen molar-refractivity contribution in [1.29, 1.82) is 0 Å². The van der Waals surface area contributed by atoms with Crippen LogP contribution >= 0.6 is 0 Å². The Morgan fingerprint density at radius 1 is 1.77 bits per heavy atom. The third kappa shape index (κ3) is 2.38. The lowest BCUT2D eigenvalue weighted by Gasteiger charge is -2.03. The van der Waals surface area contributed by atoms with Gasteiger partial charge in [-0.2, -0.15) is 4.98 Å². The van der Waals surface area contributed by atoms with E-state index in [1.54, 1.807) is 0 Å². The zero-order valence-electron chi connectivity index (χ0n) is 6.83. The quantitative estimate of drug-likeness (QED) is 0.404. The van der Waals surface area contributed by atoms with E-state index in [1.807, 2.05) is 0 Å². The number of halogens is 1. The number of aromatic nitrogens is 2. The normalized spacial score (nSPS) is 9.38. The van der Waals surface area contributed by atoms with Gasteiger partial charge >= 0.3 is 6.01 Å². The Morgan fingerprint density at radius 3 is 3.15 bits per heavy atom. The molecule has 0 unspecified atom stereocenters. The van der Waals surface area contributed by atoms with E-state index < -0.39 is 5.82 Å². The summed E-state index contributed by atoms with van der Waals surface area (Å²) in [4.78, 5) is 7.21. The molecule has 70 valence electrons. The number of rotatable bonds is 4. The van der Waals surface area contributed by atoms with Gasteiger partial charge in [-0.15, -0.1) is 0 Å². The SMILES string of the molecule is C=CCOc1ncc(F)c(NN)n1. The zero-order valence-corrected chi connectivity index (χ0v) is 6.83. The van der Waals surface area contributed by atoms with E-state index >= 15 is 0 Å². The molecule has 0 spiro atoms. The molecule has 6 heteroatoms. The summed E-state index contributed by atoms with van der Waals surface area (Å²) in [6.07, 6.45) is 2.50. The molecule has 0 aliphatic heterocycles. The highest BCUT2D eigenvalue weighted by Gasteiger charge is 2.04. The number of nitrogens with zero attached hydrogens (tertiary/aromatic N) is 2. The van der Waals surface area contributed by atoms with Gasteiger partial charge in [-0.1, -0.05) is 12.7 Å². The molecular formula is C7H9FN4O. The van der Waals surface area contributed by atoms with Crippen LogP contribution in [0.15, 0.2) is 18.9 Å². The molecule has 0 radical (unpaired) electrons. The zero-order chi connectivity index (χ0) is 9.68. The Hall–Kier alpha value is -1.69. The minimum atomic E-state index is -0.631. The molecule has 1 heterocycles. The Balaban J connectivity index is 2.79. The van der Waals surface area contributed by atoms with E-state index in [4.69, 9.17) is 10.6 Å². The van der Waals surface area contributed by atoms with Gasteiger partial charge in [0, 0.05) is 0 Å². The summed E-state index contributed by atoms with van der Waals surface area (Å²) in [6.45, 7) is 3.70. The molecular weight excluding hydrogens is 175 g/mol. The van der Waals surface area contributed by atoms with Gasteiger partial charge < -0.3 is 10.2 Å². The number of hydrazine groups is 1. The molecule has 1 rings (SSSR count). The van der Waals surface area contributed by atoms with Gasteiger partial charge in [0.2, 0.25) is 0 Å². The second-order valence-electron chi connectivity index (χ2n) is 2.09. The van der Waals surface area contributed by atoms with E-state index in [0.29, 0.717) is 0 Å². The summed E-state index contributed by atoms with van der Waals surface area (Å²) in [5.74, 6) is 4.26. The fourth-order valence-electron chi connectivity index (χ4n) is 0.655. The van der Waals surface area contributed by atoms with Gasteiger partial charge in [-0.3, -0.25) is 0 Å². The molecule has 0 amide bonds. The van der Waals surface area contributed by atoms with E-state index in [-0.39, 0.29) is 18.4 Å². The molecule has 5 nitrogen and oxygen atoms in total. The second kappa shape index (κ2) is 4.36. The summed E-state index contributed by atoms with van der Waals surface area (Å²) in [7, 11) is 0. The molecule has 0 saturated carbocycles. The summed E-state index contributed by atoms with van der Waals surface area (Å²) in [5.41, 5.74) is 2.08. The molecule has 13 heavy (non-hydrogen) atoms. The lowest BCUT2D eigenvalue weighted by atomic mass is 10.6. The van der Waals surface area contributed by atoms with Gasteiger partial charge in [0.15, 0.2) is 11.6 Å². The first-order valence-corrected chi connectivity index (χ1v) is 3.50. The molecule has 0 atom stereocenters. The van der Waals surface area contributed by atoms with E-state index in [0.717, 1.165) is 6.20 Å². The molecule has 0 fully saturated rings. The molecule has 0 saturated heterocycles. The standard InChI is InChI=1S/C7H9FN4O/c1-2-3-13-7-10-4-5(8)6(11-7)12-9/h2,4H,1,3,9H2,(H,10,11,12). The number of nitrogen functional groups attached to an aromatic ring is 1. The molecule has 3 N–H and O–H groups in total. The van der Waals surface area contributed by atoms with Crippen LogP contribution < -0.4 is 16.0 Å². The monoisotopic (exact) mass is 184 g/mol. The third-order valence-corrected chi connectivity index (χ3v) is 1.19. The summed E-state index contributed by atoms with van der Waals surface area (Å²) in [6, 6.07) is 0.0502. The van der Waals surface area contributed by atoms with Crippen molar-refractivity contribution >= 4 is 5.82 Å². The van der Waals surface area contributed by atoms with Gasteiger partial charge in [0.1, 0.15) is 6.61 Å². The second-order valence-corrected chi connectivity index (χ2v) is 2.09. The van der Waals surface area contributed by atoms with Crippen molar-refractivity contribution in [2.24, 2.45) is 5.84 Å². The van der Waals surface area contributed by atoms with Crippen LogP contribution in [0.2, 0.25) is 0 Å². The molecule has 0 aliphatic rings. The molecule has 0 bridgehead atoms. The fourth-order valence-corrected chi connectivity index (χ4v) is 0.655. The number of hydrogen-bond donors (Lipinski definition) is 2. The minimum Gasteiger partial charge on any atom is -0.459 e. The van der Waals surface area contributed by atoms with E-state index in [2.05, 4.69) is 22.0 Å². The van der Waals surface area contributed by atoms with Crippen LogP contribution in [0.4, 0.5) is 10.2 Å². The van der Waals surface area contributed by atoms with Crippen LogP contribution in [0.25, 0.3) is 0 Å². The predicted molar refractivity (Wildman–Crippen MR) is 45.5 cm³/mol.